The molecular formula is C18H27Br2NOS. The minimum Gasteiger partial charge on any atom is -1.00 e. The van der Waals surface area contributed by atoms with Gasteiger partial charge in [-0.25, -0.2) is 0 Å². The predicted octanol–water partition coefficient (Wildman–Crippen LogP) is 1.77. The molecule has 3 rings (SSSR count). The first-order valence-corrected chi connectivity index (χ1v) is 10.1. The van der Waals surface area contributed by atoms with Gasteiger partial charge in [0.05, 0.1) is 29.8 Å². The van der Waals surface area contributed by atoms with Gasteiger partial charge in [-0.3, -0.25) is 4.79 Å². The van der Waals surface area contributed by atoms with E-state index in [4.69, 9.17) is 0 Å². The molecule has 1 aromatic rings. The Kier molecular flexibility index (Phi) is 6.20. The molecule has 0 aromatic carbocycles. The smallest absolute Gasteiger partial charge is 0.201 e. The first kappa shape index (κ1) is 19.6. The third-order valence-electron chi connectivity index (χ3n) is 6.27. The van der Waals surface area contributed by atoms with E-state index in [-0.39, 0.29) is 28.4 Å². The van der Waals surface area contributed by atoms with Crippen molar-refractivity contribution in [2.24, 2.45) is 5.92 Å². The fraction of sp³-hybridized carbons (Fsp3) is 0.722. The molecular weight excluding hydrogens is 438 g/mol. The van der Waals surface area contributed by atoms with E-state index in [2.05, 4.69) is 49.1 Å². The van der Waals surface area contributed by atoms with Crippen LogP contribution in [-0.4, -0.2) is 36.9 Å². The number of likely N-dealkylation sites (tertiary alicyclic amines) is 1. The van der Waals surface area contributed by atoms with Gasteiger partial charge in [-0.05, 0) is 53.7 Å². The van der Waals surface area contributed by atoms with Gasteiger partial charge in [-0.15, -0.1) is 11.3 Å². The molecule has 0 N–H and O–H groups in total. The summed E-state index contributed by atoms with van der Waals surface area (Å²) in [5.74, 6) is 1.03. The first-order chi connectivity index (χ1) is 10.4. The molecule has 2 aliphatic rings. The maximum atomic E-state index is 13.5. The van der Waals surface area contributed by atoms with Crippen molar-refractivity contribution in [3.8, 4) is 0 Å². The molecule has 2 atom stereocenters. The number of quaternary nitrogens is 1. The Bertz CT molecular complexity index is 565. The summed E-state index contributed by atoms with van der Waals surface area (Å²) in [5.41, 5.74) is -0.218. The lowest BCUT2D eigenvalue weighted by molar-refractivity contribution is -0.907. The number of hydrogen-bond donors (Lipinski definition) is 0. The molecule has 2 heterocycles. The monoisotopic (exact) mass is 463 g/mol. The van der Waals surface area contributed by atoms with Gasteiger partial charge in [0.2, 0.25) is 5.78 Å². The summed E-state index contributed by atoms with van der Waals surface area (Å²) in [5, 5.41) is 0. The molecule has 5 heteroatoms. The molecule has 1 saturated carbocycles. The van der Waals surface area contributed by atoms with E-state index < -0.39 is 0 Å². The Hall–Kier alpha value is 0.290. The van der Waals surface area contributed by atoms with Crippen molar-refractivity contribution in [3.63, 3.8) is 0 Å². The Morgan fingerprint density at radius 2 is 1.87 bits per heavy atom. The maximum Gasteiger partial charge on any atom is 0.201 e. The largest absolute Gasteiger partial charge is 1.00 e. The number of thiophene rings is 1. The summed E-state index contributed by atoms with van der Waals surface area (Å²) in [6.07, 6.45) is 7.38. The number of nitrogens with zero attached hydrogens (tertiary/aromatic N) is 1. The van der Waals surface area contributed by atoms with Crippen LogP contribution in [0.1, 0.15) is 50.3 Å². The molecule has 1 aromatic heterocycles. The van der Waals surface area contributed by atoms with Gasteiger partial charge in [0.25, 0.3) is 0 Å². The van der Waals surface area contributed by atoms with Gasteiger partial charge in [-0.1, -0.05) is 19.3 Å². The van der Waals surface area contributed by atoms with Crippen molar-refractivity contribution >= 4 is 33.0 Å². The van der Waals surface area contributed by atoms with Crippen LogP contribution in [0, 0.1) is 5.92 Å². The van der Waals surface area contributed by atoms with E-state index in [1.165, 1.54) is 37.0 Å². The second-order valence-electron chi connectivity index (χ2n) is 7.70. The van der Waals surface area contributed by atoms with Crippen LogP contribution < -0.4 is 17.0 Å². The number of Topliss-reactive ketones (excluding diaryl/α,β-unsaturated/α-hetero) is 1. The van der Waals surface area contributed by atoms with Gasteiger partial charge in [0.1, 0.15) is 6.04 Å². The fourth-order valence-electron chi connectivity index (χ4n) is 4.47. The van der Waals surface area contributed by atoms with E-state index in [0.29, 0.717) is 11.7 Å². The van der Waals surface area contributed by atoms with Gasteiger partial charge < -0.3 is 21.5 Å². The van der Waals surface area contributed by atoms with Crippen LogP contribution in [-0.2, 0) is 10.2 Å². The number of rotatable bonds is 2. The van der Waals surface area contributed by atoms with Crippen LogP contribution in [0.2, 0.25) is 0 Å². The predicted molar refractivity (Wildman–Crippen MR) is 96.3 cm³/mol. The third kappa shape index (κ3) is 3.36. The number of hydrogen-bond acceptors (Lipinski definition) is 2. The van der Waals surface area contributed by atoms with Crippen LogP contribution in [0.3, 0.4) is 0 Å². The summed E-state index contributed by atoms with van der Waals surface area (Å²) >= 11 is 5.39. The van der Waals surface area contributed by atoms with Crippen LogP contribution in [0.25, 0.3) is 0 Å². The third-order valence-corrected chi connectivity index (χ3v) is 8.07. The summed E-state index contributed by atoms with van der Waals surface area (Å²) in [6, 6.07) is 4.42. The SMILES string of the molecule is CC1C(=O)C(c2ccc(Br)s2)(C2CCCCC2)CC[N+]1(C)C.[Br-]. The van der Waals surface area contributed by atoms with Crippen LogP contribution in [0.15, 0.2) is 15.9 Å². The molecule has 0 spiro atoms. The molecule has 130 valence electrons. The summed E-state index contributed by atoms with van der Waals surface area (Å²) in [6.45, 7) is 3.24. The molecule has 2 fully saturated rings. The highest BCUT2D eigenvalue weighted by molar-refractivity contribution is 9.11. The minimum atomic E-state index is -0.218. The molecule has 1 aliphatic heterocycles. The number of halogens is 2. The van der Waals surface area contributed by atoms with E-state index in [9.17, 15) is 4.79 Å². The Morgan fingerprint density at radius 3 is 2.43 bits per heavy atom. The lowest BCUT2D eigenvalue weighted by Crippen LogP contribution is -3.00. The summed E-state index contributed by atoms with van der Waals surface area (Å²) in [7, 11) is 4.41. The van der Waals surface area contributed by atoms with Crippen molar-refractivity contribution < 1.29 is 26.3 Å². The second-order valence-corrected chi connectivity index (χ2v) is 10.2. The zero-order valence-electron chi connectivity index (χ0n) is 14.3. The average Bonchev–Trinajstić information content (AvgIpc) is 2.93. The van der Waals surface area contributed by atoms with Crippen LogP contribution >= 0.6 is 27.3 Å². The van der Waals surface area contributed by atoms with Crippen molar-refractivity contribution in [2.45, 2.75) is 56.9 Å². The summed E-state index contributed by atoms with van der Waals surface area (Å²) in [4.78, 5) is 14.9. The van der Waals surface area contributed by atoms with E-state index in [0.717, 1.165) is 21.2 Å². The number of carbonyl (C=O) groups is 1. The van der Waals surface area contributed by atoms with Crippen LogP contribution in [0.5, 0.6) is 0 Å². The lowest BCUT2D eigenvalue weighted by Gasteiger charge is -2.50. The zero-order chi connectivity index (χ0) is 16.0. The van der Waals surface area contributed by atoms with Gasteiger partial charge in [0, 0.05) is 11.3 Å². The van der Waals surface area contributed by atoms with E-state index in [1.54, 1.807) is 11.3 Å². The number of ketones is 1. The highest BCUT2D eigenvalue weighted by Gasteiger charge is 2.56. The fourth-order valence-corrected chi connectivity index (χ4v) is 6.16. The lowest BCUT2D eigenvalue weighted by atomic mass is 9.60. The van der Waals surface area contributed by atoms with Crippen LogP contribution in [0.4, 0.5) is 0 Å². The first-order valence-electron chi connectivity index (χ1n) is 8.51. The highest BCUT2D eigenvalue weighted by atomic mass is 79.9. The number of likely N-dealkylation sites (N-methyl/N-ethyl adjacent to an activating group) is 1. The van der Waals surface area contributed by atoms with Crippen molar-refractivity contribution in [3.05, 3.63) is 20.8 Å². The second kappa shape index (κ2) is 7.27. The molecule has 2 nitrogen and oxygen atoms in total. The Morgan fingerprint density at radius 1 is 1.22 bits per heavy atom. The number of carbonyl (C=O) groups excluding carboxylic acids is 1. The Balaban J connectivity index is 0.00000192. The normalized spacial score (nSPS) is 31.7. The minimum absolute atomic E-state index is 0. The number of piperidine rings is 1. The molecule has 0 amide bonds. The van der Waals surface area contributed by atoms with Gasteiger partial charge in [0.15, 0.2) is 0 Å². The van der Waals surface area contributed by atoms with Gasteiger partial charge >= 0.3 is 0 Å². The molecule has 23 heavy (non-hydrogen) atoms. The quantitative estimate of drug-likeness (QED) is 0.609. The van der Waals surface area contributed by atoms with Crippen molar-refractivity contribution in [1.82, 2.24) is 0 Å². The standard InChI is InChI=1S/C18H27BrNOS.BrH/c1-13-17(21)18(11-12-20(13,2)3,14-7-5-4-6-8-14)15-9-10-16(19)22-15;/h9-10,13-14H,4-8,11-12H2,1-3H3;1H/q+1;/p-1. The zero-order valence-corrected chi connectivity index (χ0v) is 18.3. The van der Waals surface area contributed by atoms with Crippen molar-refractivity contribution in [1.29, 1.82) is 0 Å². The maximum absolute atomic E-state index is 13.5. The summed E-state index contributed by atoms with van der Waals surface area (Å²) < 4.78 is 1.98. The molecule has 2 unspecified atom stereocenters. The highest BCUT2D eigenvalue weighted by Crippen LogP contribution is 2.50. The topological polar surface area (TPSA) is 17.1 Å². The van der Waals surface area contributed by atoms with Gasteiger partial charge in [-0.2, -0.15) is 0 Å². The molecule has 0 radical (unpaired) electrons. The molecule has 0 bridgehead atoms. The molecule has 1 aliphatic carbocycles. The van der Waals surface area contributed by atoms with Crippen molar-refractivity contribution in [2.75, 3.05) is 20.6 Å². The molecule has 1 saturated heterocycles. The van der Waals surface area contributed by atoms with E-state index in [1.807, 2.05) is 0 Å². The van der Waals surface area contributed by atoms with E-state index >= 15 is 0 Å². The Labute approximate surface area is 163 Å². The average molecular weight is 465 g/mol.